The molecule has 0 atom stereocenters. The van der Waals surface area contributed by atoms with Crippen molar-refractivity contribution in [2.75, 3.05) is 23.9 Å². The molecule has 1 aromatic carbocycles. The minimum Gasteiger partial charge on any atom is -0.490 e. The average Bonchev–Trinajstić information content (AvgIpc) is 3.08. The van der Waals surface area contributed by atoms with Crippen LogP contribution < -0.4 is 15.0 Å². The maximum Gasteiger partial charge on any atom is 0.235 e. The lowest BCUT2D eigenvalue weighted by atomic mass is 9.93. The molecule has 136 valence electrons. The Morgan fingerprint density at radius 2 is 2.04 bits per heavy atom. The van der Waals surface area contributed by atoms with Gasteiger partial charge >= 0.3 is 0 Å². The van der Waals surface area contributed by atoms with E-state index in [1.54, 1.807) is 11.9 Å². The number of nitrogens with one attached hydrogen (secondary N) is 1. The number of nitrogens with zero attached hydrogens (tertiary/aromatic N) is 1. The quantitative estimate of drug-likeness (QED) is 0.899. The molecule has 1 aliphatic heterocycles. The third kappa shape index (κ3) is 3.97. The van der Waals surface area contributed by atoms with Crippen LogP contribution in [-0.2, 0) is 9.59 Å². The van der Waals surface area contributed by atoms with Gasteiger partial charge in [-0.3, -0.25) is 9.59 Å². The first-order chi connectivity index (χ1) is 11.9. The molecule has 0 saturated heterocycles. The van der Waals surface area contributed by atoms with Gasteiger partial charge in [0.25, 0.3) is 0 Å². The molecule has 1 heterocycles. The monoisotopic (exact) mass is 344 g/mol. The van der Waals surface area contributed by atoms with Crippen LogP contribution >= 0.6 is 0 Å². The molecule has 2 amide bonds. The highest BCUT2D eigenvalue weighted by Crippen LogP contribution is 2.37. The summed E-state index contributed by atoms with van der Waals surface area (Å²) >= 11 is 0. The fourth-order valence-electron chi connectivity index (χ4n) is 3.72. The molecule has 3 rings (SSSR count). The predicted octanol–water partition coefficient (Wildman–Crippen LogP) is 3.98. The van der Waals surface area contributed by atoms with Crippen molar-refractivity contribution in [3.63, 3.8) is 0 Å². The predicted molar refractivity (Wildman–Crippen MR) is 98.9 cm³/mol. The lowest BCUT2D eigenvalue weighted by molar-refractivity contribution is -0.127. The first-order valence-electron chi connectivity index (χ1n) is 9.22. The highest BCUT2D eigenvalue weighted by atomic mass is 16.5. The van der Waals surface area contributed by atoms with Crippen LogP contribution in [0.3, 0.4) is 0 Å². The molecular weight excluding hydrogens is 316 g/mol. The number of hydrogen-bond donors (Lipinski definition) is 1. The molecule has 1 saturated carbocycles. The summed E-state index contributed by atoms with van der Waals surface area (Å²) in [6.45, 7) is 4.10. The first-order valence-corrected chi connectivity index (χ1v) is 9.22. The summed E-state index contributed by atoms with van der Waals surface area (Å²) in [4.78, 5) is 26.4. The summed E-state index contributed by atoms with van der Waals surface area (Å²) in [7, 11) is 1.75. The molecule has 5 nitrogen and oxygen atoms in total. The lowest BCUT2D eigenvalue weighted by Crippen LogP contribution is -2.39. The molecular formula is C20H28N2O3. The Labute approximate surface area is 149 Å². The average molecular weight is 344 g/mol. The Morgan fingerprint density at radius 3 is 2.76 bits per heavy atom. The summed E-state index contributed by atoms with van der Waals surface area (Å²) in [5, 5.41) is 2.96. The van der Waals surface area contributed by atoms with Crippen molar-refractivity contribution < 1.29 is 14.3 Å². The minimum atomic E-state index is -0.571. The second-order valence-electron chi connectivity index (χ2n) is 7.96. The van der Waals surface area contributed by atoms with Gasteiger partial charge < -0.3 is 15.0 Å². The van der Waals surface area contributed by atoms with Gasteiger partial charge in [-0.05, 0) is 44.4 Å². The fourth-order valence-corrected chi connectivity index (χ4v) is 3.72. The van der Waals surface area contributed by atoms with E-state index in [0.717, 1.165) is 6.42 Å². The highest BCUT2D eigenvalue weighted by molar-refractivity contribution is 6.00. The van der Waals surface area contributed by atoms with E-state index in [1.807, 2.05) is 32.0 Å². The van der Waals surface area contributed by atoms with Gasteiger partial charge in [-0.15, -0.1) is 0 Å². The Balaban J connectivity index is 1.67. The van der Waals surface area contributed by atoms with Crippen molar-refractivity contribution in [1.82, 2.24) is 0 Å². The number of rotatable bonds is 4. The minimum absolute atomic E-state index is 0.0101. The van der Waals surface area contributed by atoms with Crippen LogP contribution in [0.4, 0.5) is 11.4 Å². The van der Waals surface area contributed by atoms with Crippen molar-refractivity contribution in [1.29, 1.82) is 0 Å². The van der Waals surface area contributed by atoms with Gasteiger partial charge in [-0.2, -0.15) is 0 Å². The van der Waals surface area contributed by atoms with Crippen molar-refractivity contribution in [3.8, 4) is 5.75 Å². The number of benzene rings is 1. The number of hydrogen-bond acceptors (Lipinski definition) is 3. The molecule has 1 aliphatic carbocycles. The van der Waals surface area contributed by atoms with E-state index < -0.39 is 5.41 Å². The number of amides is 2. The Bertz CT molecular complexity index is 663. The van der Waals surface area contributed by atoms with Crippen molar-refractivity contribution in [2.24, 2.45) is 11.3 Å². The maximum absolute atomic E-state index is 12.6. The van der Waals surface area contributed by atoms with Gasteiger partial charge in [0.1, 0.15) is 12.4 Å². The standard InChI is InChI=1S/C20H28N2O3/c1-20(2)13-25-17-10-9-15(12-16(17)22(3)19(20)24)21-18(23)11-8-14-6-4-5-7-14/h9-10,12,14H,4-8,11,13H2,1-3H3,(H,21,23). The van der Waals surface area contributed by atoms with Crippen molar-refractivity contribution in [3.05, 3.63) is 18.2 Å². The topological polar surface area (TPSA) is 58.6 Å². The van der Waals surface area contributed by atoms with Gasteiger partial charge in [0.05, 0.1) is 11.1 Å². The molecule has 2 aliphatic rings. The zero-order valence-corrected chi connectivity index (χ0v) is 15.4. The van der Waals surface area contributed by atoms with Crippen LogP contribution in [0.25, 0.3) is 0 Å². The Kier molecular flexibility index (Phi) is 5.02. The highest BCUT2D eigenvalue weighted by Gasteiger charge is 2.36. The molecule has 5 heteroatoms. The number of carbonyl (C=O) groups is 2. The van der Waals surface area contributed by atoms with Gasteiger partial charge in [-0.25, -0.2) is 0 Å². The second-order valence-corrected chi connectivity index (χ2v) is 7.96. The summed E-state index contributed by atoms with van der Waals surface area (Å²) < 4.78 is 5.80. The summed E-state index contributed by atoms with van der Waals surface area (Å²) in [6.07, 6.45) is 6.63. The first kappa shape index (κ1) is 17.8. The number of ether oxygens (including phenoxy) is 1. The number of carbonyl (C=O) groups excluding carboxylic acids is 2. The van der Waals surface area contributed by atoms with E-state index in [2.05, 4.69) is 5.32 Å². The number of anilines is 2. The van der Waals surface area contributed by atoms with Gasteiger partial charge in [0.15, 0.2) is 0 Å². The fraction of sp³-hybridized carbons (Fsp3) is 0.600. The molecule has 0 bridgehead atoms. The Hall–Kier alpha value is -2.04. The smallest absolute Gasteiger partial charge is 0.235 e. The zero-order valence-electron chi connectivity index (χ0n) is 15.4. The van der Waals surface area contributed by atoms with Crippen LogP contribution in [-0.4, -0.2) is 25.5 Å². The molecule has 0 spiro atoms. The van der Waals surface area contributed by atoms with E-state index in [1.165, 1.54) is 25.7 Å². The molecule has 25 heavy (non-hydrogen) atoms. The van der Waals surface area contributed by atoms with E-state index in [0.29, 0.717) is 36.1 Å². The normalized spacial score (nSPS) is 20.0. The summed E-state index contributed by atoms with van der Waals surface area (Å²) in [5.74, 6) is 1.43. The van der Waals surface area contributed by atoms with Crippen LogP contribution in [0.15, 0.2) is 18.2 Å². The SMILES string of the molecule is CN1C(=O)C(C)(C)COc2ccc(NC(=O)CCC3CCCC3)cc21. The maximum atomic E-state index is 12.6. The number of fused-ring (bicyclic) bond motifs is 1. The van der Waals surface area contributed by atoms with Gasteiger partial charge in [0, 0.05) is 19.2 Å². The van der Waals surface area contributed by atoms with Crippen LogP contribution in [0, 0.1) is 11.3 Å². The van der Waals surface area contributed by atoms with Gasteiger partial charge in [-0.1, -0.05) is 25.7 Å². The van der Waals surface area contributed by atoms with Crippen LogP contribution in [0.2, 0.25) is 0 Å². The van der Waals surface area contributed by atoms with Crippen molar-refractivity contribution >= 4 is 23.2 Å². The molecule has 0 unspecified atom stereocenters. The van der Waals surface area contributed by atoms with E-state index in [9.17, 15) is 9.59 Å². The Morgan fingerprint density at radius 1 is 1.32 bits per heavy atom. The molecule has 1 fully saturated rings. The third-order valence-corrected chi connectivity index (χ3v) is 5.33. The molecule has 1 aromatic rings. The molecule has 1 N–H and O–H groups in total. The third-order valence-electron chi connectivity index (χ3n) is 5.33. The lowest BCUT2D eigenvalue weighted by Gasteiger charge is -2.24. The zero-order chi connectivity index (χ0) is 18.0. The van der Waals surface area contributed by atoms with Crippen LogP contribution in [0.1, 0.15) is 52.4 Å². The summed E-state index contributed by atoms with van der Waals surface area (Å²) in [5.41, 5.74) is 0.834. The van der Waals surface area contributed by atoms with Crippen molar-refractivity contribution in [2.45, 2.75) is 52.4 Å². The summed E-state index contributed by atoms with van der Waals surface area (Å²) in [6, 6.07) is 5.48. The van der Waals surface area contributed by atoms with Crippen LogP contribution in [0.5, 0.6) is 5.75 Å². The largest absolute Gasteiger partial charge is 0.490 e. The van der Waals surface area contributed by atoms with Gasteiger partial charge in [0.2, 0.25) is 11.8 Å². The second kappa shape index (κ2) is 7.06. The molecule has 0 radical (unpaired) electrons. The molecule has 0 aromatic heterocycles. The van der Waals surface area contributed by atoms with E-state index >= 15 is 0 Å². The van der Waals surface area contributed by atoms with E-state index in [-0.39, 0.29) is 11.8 Å². The van der Waals surface area contributed by atoms with E-state index in [4.69, 9.17) is 4.74 Å².